The summed E-state index contributed by atoms with van der Waals surface area (Å²) in [5.74, 6) is -4.11. The third-order valence-corrected chi connectivity index (χ3v) is 6.55. The van der Waals surface area contributed by atoms with Crippen LogP contribution < -0.4 is 5.73 Å². The van der Waals surface area contributed by atoms with Crippen molar-refractivity contribution in [2.75, 3.05) is 19.6 Å². The van der Waals surface area contributed by atoms with Crippen LogP contribution in [0.2, 0.25) is 0 Å². The zero-order chi connectivity index (χ0) is 21.3. The van der Waals surface area contributed by atoms with Crippen LogP contribution in [0.15, 0.2) is 47.4 Å². The second-order valence-corrected chi connectivity index (χ2v) is 8.36. The monoisotopic (exact) mass is 421 g/mol. The molecule has 0 saturated carbocycles. The van der Waals surface area contributed by atoms with Gasteiger partial charge in [0.15, 0.2) is 11.5 Å². The van der Waals surface area contributed by atoms with Gasteiger partial charge in [0.05, 0.1) is 10.5 Å². The average molecular weight is 421 g/mol. The van der Waals surface area contributed by atoms with Gasteiger partial charge < -0.3 is 26.0 Å². The molecular weight excluding hydrogens is 402 g/mol. The minimum absolute atomic E-state index is 0.0455. The van der Waals surface area contributed by atoms with E-state index in [1.165, 1.54) is 12.1 Å². The summed E-state index contributed by atoms with van der Waals surface area (Å²) in [6.45, 7) is -0.625. The van der Waals surface area contributed by atoms with Gasteiger partial charge in [0.25, 0.3) is 5.91 Å². The standard InChI is InChI=1S/C18H19N3O7S/c19-17(25)13-10-20(29(27,28)11-4-2-1-3-5-11)8-9-21(13)18(26)12-6-7-14(22)16(24)15(12)23/h1-7,13,22-24H,8-10H2,(H2,19,25). The third kappa shape index (κ3) is 3.69. The van der Waals surface area contributed by atoms with Gasteiger partial charge in [-0.15, -0.1) is 0 Å². The molecule has 1 aliphatic rings. The molecule has 2 amide bonds. The lowest BCUT2D eigenvalue weighted by atomic mass is 10.1. The quantitative estimate of drug-likeness (QED) is 0.497. The highest BCUT2D eigenvalue weighted by Gasteiger charge is 2.40. The van der Waals surface area contributed by atoms with Gasteiger partial charge in [-0.3, -0.25) is 9.59 Å². The Hall–Kier alpha value is -3.31. The summed E-state index contributed by atoms with van der Waals surface area (Å²) in [7, 11) is -3.90. The number of aromatic hydroxyl groups is 3. The van der Waals surface area contributed by atoms with Crippen molar-refractivity contribution < 1.29 is 33.3 Å². The number of rotatable bonds is 4. The fraction of sp³-hybridized carbons (Fsp3) is 0.222. The van der Waals surface area contributed by atoms with Gasteiger partial charge in [-0.1, -0.05) is 18.2 Å². The van der Waals surface area contributed by atoms with Crippen LogP contribution in [0.3, 0.4) is 0 Å². The second-order valence-electron chi connectivity index (χ2n) is 6.42. The van der Waals surface area contributed by atoms with Crippen molar-refractivity contribution >= 4 is 21.8 Å². The van der Waals surface area contributed by atoms with Crippen LogP contribution in [0.1, 0.15) is 10.4 Å². The molecule has 1 heterocycles. The van der Waals surface area contributed by atoms with Gasteiger partial charge in [0.2, 0.25) is 21.7 Å². The Morgan fingerprint density at radius 1 is 0.966 bits per heavy atom. The molecule has 1 saturated heterocycles. The van der Waals surface area contributed by atoms with E-state index in [2.05, 4.69) is 0 Å². The molecular formula is C18H19N3O7S. The number of primary amides is 1. The molecule has 0 bridgehead atoms. The van der Waals surface area contributed by atoms with Gasteiger partial charge in [0.1, 0.15) is 6.04 Å². The predicted molar refractivity (Wildman–Crippen MR) is 101 cm³/mol. The maximum Gasteiger partial charge on any atom is 0.258 e. The molecule has 0 radical (unpaired) electrons. The number of phenolic OH excluding ortho intramolecular Hbond substituents is 3. The highest BCUT2D eigenvalue weighted by atomic mass is 32.2. The Morgan fingerprint density at radius 3 is 2.24 bits per heavy atom. The van der Waals surface area contributed by atoms with E-state index in [9.17, 15) is 33.3 Å². The molecule has 5 N–H and O–H groups in total. The number of sulfonamides is 1. The summed E-state index contributed by atoms with van der Waals surface area (Å²) in [6.07, 6.45) is 0. The van der Waals surface area contributed by atoms with Gasteiger partial charge in [-0.05, 0) is 24.3 Å². The van der Waals surface area contributed by atoms with Crippen LogP contribution in [-0.4, -0.2) is 70.4 Å². The first-order valence-corrected chi connectivity index (χ1v) is 9.98. The predicted octanol–water partition coefficient (Wildman–Crippen LogP) is -0.196. The van der Waals surface area contributed by atoms with Crippen LogP contribution in [0, 0.1) is 0 Å². The number of benzene rings is 2. The second kappa shape index (κ2) is 7.60. The first-order valence-electron chi connectivity index (χ1n) is 8.54. The molecule has 154 valence electrons. The number of carbonyl (C=O) groups excluding carboxylic acids is 2. The molecule has 1 aliphatic heterocycles. The fourth-order valence-electron chi connectivity index (χ4n) is 3.10. The van der Waals surface area contributed by atoms with E-state index in [1.54, 1.807) is 18.2 Å². The number of carbonyl (C=O) groups is 2. The maximum absolute atomic E-state index is 12.8. The van der Waals surface area contributed by atoms with Crippen molar-refractivity contribution in [2.45, 2.75) is 10.9 Å². The van der Waals surface area contributed by atoms with Gasteiger partial charge >= 0.3 is 0 Å². The number of nitrogens with zero attached hydrogens (tertiary/aromatic N) is 2. The molecule has 29 heavy (non-hydrogen) atoms. The van der Waals surface area contributed by atoms with E-state index in [1.807, 2.05) is 0 Å². The largest absolute Gasteiger partial charge is 0.504 e. The van der Waals surface area contributed by atoms with Crippen LogP contribution in [-0.2, 0) is 14.8 Å². The molecule has 1 unspecified atom stereocenters. The molecule has 11 heteroatoms. The highest BCUT2D eigenvalue weighted by Crippen LogP contribution is 2.38. The number of nitrogens with two attached hydrogens (primary N) is 1. The average Bonchev–Trinajstić information content (AvgIpc) is 2.72. The van der Waals surface area contributed by atoms with E-state index in [0.29, 0.717) is 0 Å². The SMILES string of the molecule is NC(=O)C1CN(S(=O)(=O)c2ccccc2)CCN1C(=O)c1ccc(O)c(O)c1O. The molecule has 0 spiro atoms. The zero-order valence-electron chi connectivity index (χ0n) is 15.1. The zero-order valence-corrected chi connectivity index (χ0v) is 15.9. The van der Waals surface area contributed by atoms with Crippen molar-refractivity contribution in [3.8, 4) is 17.2 Å². The lowest BCUT2D eigenvalue weighted by Crippen LogP contribution is -2.60. The van der Waals surface area contributed by atoms with Crippen molar-refractivity contribution in [3.05, 3.63) is 48.0 Å². The summed E-state index contributed by atoms with van der Waals surface area (Å²) >= 11 is 0. The van der Waals surface area contributed by atoms with Crippen LogP contribution in [0.5, 0.6) is 17.2 Å². The van der Waals surface area contributed by atoms with Crippen molar-refractivity contribution in [1.29, 1.82) is 0 Å². The van der Waals surface area contributed by atoms with E-state index >= 15 is 0 Å². The summed E-state index contributed by atoms with van der Waals surface area (Å²) in [4.78, 5) is 25.9. The minimum Gasteiger partial charge on any atom is -0.504 e. The summed E-state index contributed by atoms with van der Waals surface area (Å²) in [6, 6.07) is 8.45. The highest BCUT2D eigenvalue weighted by molar-refractivity contribution is 7.89. The lowest BCUT2D eigenvalue weighted by Gasteiger charge is -2.39. The van der Waals surface area contributed by atoms with E-state index < -0.39 is 45.1 Å². The topological polar surface area (TPSA) is 161 Å². The first-order chi connectivity index (χ1) is 13.6. The first kappa shape index (κ1) is 20.4. The number of piperazine rings is 1. The fourth-order valence-corrected chi connectivity index (χ4v) is 4.56. The normalized spacial score (nSPS) is 17.8. The molecule has 0 aromatic heterocycles. The van der Waals surface area contributed by atoms with Gasteiger partial charge in [0, 0.05) is 19.6 Å². The molecule has 1 atom stereocenters. The Labute approximate surface area is 166 Å². The van der Waals surface area contributed by atoms with E-state index in [4.69, 9.17) is 5.73 Å². The molecule has 0 aliphatic carbocycles. The summed E-state index contributed by atoms with van der Waals surface area (Å²) in [5.41, 5.74) is 5.05. The Balaban J connectivity index is 1.90. The van der Waals surface area contributed by atoms with Crippen molar-refractivity contribution in [1.82, 2.24) is 9.21 Å². The third-order valence-electron chi connectivity index (χ3n) is 4.67. The van der Waals surface area contributed by atoms with Crippen LogP contribution >= 0.6 is 0 Å². The van der Waals surface area contributed by atoms with Gasteiger partial charge in [-0.2, -0.15) is 4.31 Å². The number of hydrogen-bond donors (Lipinski definition) is 4. The van der Waals surface area contributed by atoms with E-state index in [0.717, 1.165) is 21.3 Å². The Morgan fingerprint density at radius 2 is 1.62 bits per heavy atom. The van der Waals surface area contributed by atoms with Crippen LogP contribution in [0.4, 0.5) is 0 Å². The Bertz CT molecular complexity index is 1060. The van der Waals surface area contributed by atoms with E-state index in [-0.39, 0.29) is 30.1 Å². The maximum atomic E-state index is 12.8. The van der Waals surface area contributed by atoms with Crippen molar-refractivity contribution in [2.24, 2.45) is 5.73 Å². The summed E-state index contributed by atoms with van der Waals surface area (Å²) in [5, 5.41) is 29.0. The molecule has 2 aromatic rings. The number of phenols is 3. The molecule has 1 fully saturated rings. The lowest BCUT2D eigenvalue weighted by molar-refractivity contribution is -0.123. The number of hydrogen-bond acceptors (Lipinski definition) is 7. The summed E-state index contributed by atoms with van der Waals surface area (Å²) < 4.78 is 26.7. The number of amides is 2. The Kier molecular flexibility index (Phi) is 5.36. The smallest absolute Gasteiger partial charge is 0.258 e. The molecule has 3 rings (SSSR count). The molecule has 10 nitrogen and oxygen atoms in total. The molecule has 2 aromatic carbocycles. The minimum atomic E-state index is -3.90. The van der Waals surface area contributed by atoms with Crippen LogP contribution in [0.25, 0.3) is 0 Å². The van der Waals surface area contributed by atoms with Gasteiger partial charge in [-0.25, -0.2) is 8.42 Å². The van der Waals surface area contributed by atoms with Crippen molar-refractivity contribution in [3.63, 3.8) is 0 Å².